The second kappa shape index (κ2) is 3.48. The molecule has 3 heteroatoms. The van der Waals surface area contributed by atoms with Crippen molar-refractivity contribution in [2.45, 2.75) is 0 Å². The van der Waals surface area contributed by atoms with E-state index in [-0.39, 0.29) is 0 Å². The summed E-state index contributed by atoms with van der Waals surface area (Å²) in [6, 6.07) is 0. The zero-order valence-corrected chi connectivity index (χ0v) is 7.84. The SMILES string of the molecule is C=C1C=CC(Cl)=C(Cl)C(Cl)=C1. The molecule has 0 amide bonds. The van der Waals surface area contributed by atoms with Crippen LogP contribution in [0, 0.1) is 0 Å². The first-order chi connectivity index (χ1) is 5.11. The van der Waals surface area contributed by atoms with Gasteiger partial charge in [-0.3, -0.25) is 0 Å². The van der Waals surface area contributed by atoms with Crippen molar-refractivity contribution < 1.29 is 0 Å². The van der Waals surface area contributed by atoms with Crippen LogP contribution in [0.1, 0.15) is 0 Å². The van der Waals surface area contributed by atoms with E-state index in [1.165, 1.54) is 0 Å². The topological polar surface area (TPSA) is 0 Å². The highest BCUT2D eigenvalue weighted by atomic mass is 35.5. The summed E-state index contributed by atoms with van der Waals surface area (Å²) in [4.78, 5) is 0. The van der Waals surface area contributed by atoms with Gasteiger partial charge in [0.2, 0.25) is 0 Å². The molecule has 1 aliphatic carbocycles. The number of hydrogen-bond acceptors (Lipinski definition) is 0. The Kier molecular flexibility index (Phi) is 2.83. The summed E-state index contributed by atoms with van der Waals surface area (Å²) in [5, 5.41) is 1.22. The van der Waals surface area contributed by atoms with E-state index in [1.54, 1.807) is 18.2 Å². The van der Waals surface area contributed by atoms with Crippen molar-refractivity contribution in [2.24, 2.45) is 0 Å². The fraction of sp³-hybridized carbons (Fsp3) is 0. The van der Waals surface area contributed by atoms with Crippen LogP contribution in [0.25, 0.3) is 0 Å². The minimum absolute atomic E-state index is 0.364. The summed E-state index contributed by atoms with van der Waals surface area (Å²) in [5.41, 5.74) is 0.781. The van der Waals surface area contributed by atoms with Crippen LogP contribution in [0.3, 0.4) is 0 Å². The molecule has 0 spiro atoms. The third-order valence-electron chi connectivity index (χ3n) is 1.18. The molecule has 0 aromatic heterocycles. The summed E-state index contributed by atoms with van der Waals surface area (Å²) in [5.74, 6) is 0. The molecule has 0 aromatic carbocycles. The molecular weight excluding hydrogens is 202 g/mol. The first-order valence-corrected chi connectivity index (χ1v) is 4.04. The van der Waals surface area contributed by atoms with Crippen LogP contribution in [0.5, 0.6) is 0 Å². The molecule has 0 radical (unpaired) electrons. The number of halogens is 3. The van der Waals surface area contributed by atoms with Crippen molar-refractivity contribution in [3.63, 3.8) is 0 Å². The lowest BCUT2D eigenvalue weighted by molar-refractivity contribution is 1.73. The van der Waals surface area contributed by atoms with Crippen molar-refractivity contribution in [3.8, 4) is 0 Å². The Morgan fingerprint density at radius 1 is 1.09 bits per heavy atom. The van der Waals surface area contributed by atoms with Gasteiger partial charge in [0.1, 0.15) is 0 Å². The van der Waals surface area contributed by atoms with Gasteiger partial charge in [0, 0.05) is 0 Å². The lowest BCUT2D eigenvalue weighted by atomic mass is 10.3. The van der Waals surface area contributed by atoms with Crippen molar-refractivity contribution in [2.75, 3.05) is 0 Å². The van der Waals surface area contributed by atoms with Gasteiger partial charge in [-0.05, 0) is 17.7 Å². The molecule has 58 valence electrons. The lowest BCUT2D eigenvalue weighted by Gasteiger charge is -1.93. The van der Waals surface area contributed by atoms with Crippen LogP contribution < -0.4 is 0 Å². The van der Waals surface area contributed by atoms with E-state index in [0.29, 0.717) is 15.1 Å². The standard InChI is InChI=1S/C8H5Cl3/c1-5-2-3-6(9)8(11)7(10)4-5/h2-4H,1H2. The van der Waals surface area contributed by atoms with Gasteiger partial charge in [-0.1, -0.05) is 47.5 Å². The molecule has 0 aromatic rings. The first kappa shape index (κ1) is 8.92. The van der Waals surface area contributed by atoms with E-state index < -0.39 is 0 Å². The fourth-order valence-corrected chi connectivity index (χ4v) is 1.21. The van der Waals surface area contributed by atoms with Crippen molar-refractivity contribution in [1.29, 1.82) is 0 Å². The normalized spacial score (nSPS) is 18.5. The second-order valence-corrected chi connectivity index (χ2v) is 3.25. The molecule has 1 rings (SSSR count). The highest BCUT2D eigenvalue weighted by Crippen LogP contribution is 2.29. The molecule has 0 atom stereocenters. The van der Waals surface area contributed by atoms with Crippen LogP contribution in [-0.4, -0.2) is 0 Å². The Morgan fingerprint density at radius 3 is 2.36 bits per heavy atom. The molecule has 0 nitrogen and oxygen atoms in total. The molecule has 0 fully saturated rings. The van der Waals surface area contributed by atoms with Gasteiger partial charge in [-0.25, -0.2) is 0 Å². The Labute approximate surface area is 80.4 Å². The van der Waals surface area contributed by atoms with Crippen LogP contribution in [0.4, 0.5) is 0 Å². The Balaban J connectivity index is 3.16. The van der Waals surface area contributed by atoms with Gasteiger partial charge in [0.15, 0.2) is 0 Å². The fourth-order valence-electron chi connectivity index (χ4n) is 0.642. The van der Waals surface area contributed by atoms with E-state index in [1.807, 2.05) is 0 Å². The molecule has 0 saturated heterocycles. The van der Waals surface area contributed by atoms with E-state index >= 15 is 0 Å². The van der Waals surface area contributed by atoms with Gasteiger partial charge < -0.3 is 0 Å². The van der Waals surface area contributed by atoms with Gasteiger partial charge in [0.05, 0.1) is 15.1 Å². The van der Waals surface area contributed by atoms with E-state index in [2.05, 4.69) is 6.58 Å². The zero-order valence-electron chi connectivity index (χ0n) is 5.57. The Morgan fingerprint density at radius 2 is 1.73 bits per heavy atom. The highest BCUT2D eigenvalue weighted by Gasteiger charge is 2.06. The quantitative estimate of drug-likeness (QED) is 0.565. The third kappa shape index (κ3) is 2.13. The molecule has 1 aliphatic rings. The minimum atomic E-state index is 0.364. The predicted molar refractivity (Wildman–Crippen MR) is 50.9 cm³/mol. The smallest absolute Gasteiger partial charge is 0.0778 e. The Hall–Kier alpha value is -0.170. The van der Waals surface area contributed by atoms with E-state index in [0.717, 1.165) is 5.57 Å². The highest BCUT2D eigenvalue weighted by molar-refractivity contribution is 6.48. The molecule has 0 unspecified atom stereocenters. The van der Waals surface area contributed by atoms with Crippen LogP contribution in [0.2, 0.25) is 0 Å². The average molecular weight is 207 g/mol. The van der Waals surface area contributed by atoms with Crippen molar-refractivity contribution in [1.82, 2.24) is 0 Å². The van der Waals surface area contributed by atoms with Crippen molar-refractivity contribution in [3.05, 3.63) is 45.5 Å². The molecule has 0 N–H and O–H groups in total. The first-order valence-electron chi connectivity index (χ1n) is 2.91. The molecular formula is C8H5Cl3. The molecule has 0 aliphatic heterocycles. The molecule has 11 heavy (non-hydrogen) atoms. The largest absolute Gasteiger partial charge is 0.0917 e. The maximum atomic E-state index is 5.75. The number of rotatable bonds is 0. The second-order valence-electron chi connectivity index (χ2n) is 2.06. The summed E-state index contributed by atoms with van der Waals surface area (Å²) < 4.78 is 0. The van der Waals surface area contributed by atoms with E-state index in [4.69, 9.17) is 34.8 Å². The monoisotopic (exact) mass is 206 g/mol. The van der Waals surface area contributed by atoms with Gasteiger partial charge in [0.25, 0.3) is 0 Å². The summed E-state index contributed by atoms with van der Waals surface area (Å²) in [6.45, 7) is 3.70. The molecule has 0 bridgehead atoms. The third-order valence-corrected chi connectivity index (χ3v) is 2.39. The van der Waals surface area contributed by atoms with Crippen LogP contribution in [-0.2, 0) is 0 Å². The maximum absolute atomic E-state index is 5.75. The number of hydrogen-bond donors (Lipinski definition) is 0. The van der Waals surface area contributed by atoms with Gasteiger partial charge in [-0.2, -0.15) is 0 Å². The summed E-state index contributed by atoms with van der Waals surface area (Å²) in [6.07, 6.45) is 5.08. The number of allylic oxidation sites excluding steroid dienone is 7. The maximum Gasteiger partial charge on any atom is 0.0778 e. The van der Waals surface area contributed by atoms with Crippen molar-refractivity contribution >= 4 is 34.8 Å². The minimum Gasteiger partial charge on any atom is -0.0917 e. The Bertz CT molecular complexity index is 282. The van der Waals surface area contributed by atoms with E-state index in [9.17, 15) is 0 Å². The summed E-state index contributed by atoms with van der Waals surface area (Å²) >= 11 is 17.2. The zero-order chi connectivity index (χ0) is 8.43. The summed E-state index contributed by atoms with van der Waals surface area (Å²) in [7, 11) is 0. The van der Waals surface area contributed by atoms with Gasteiger partial charge in [-0.15, -0.1) is 0 Å². The molecule has 0 saturated carbocycles. The van der Waals surface area contributed by atoms with Crippen LogP contribution >= 0.6 is 34.8 Å². The lowest BCUT2D eigenvalue weighted by Crippen LogP contribution is -1.73. The predicted octanol–water partition coefficient (Wildman–Crippen LogP) is 3.92. The van der Waals surface area contributed by atoms with Gasteiger partial charge >= 0.3 is 0 Å². The van der Waals surface area contributed by atoms with Crippen LogP contribution in [0.15, 0.2) is 45.5 Å². The molecule has 0 heterocycles. The average Bonchev–Trinajstić information content (AvgIpc) is 2.05.